The van der Waals surface area contributed by atoms with Gasteiger partial charge in [0.2, 0.25) is 5.91 Å². The van der Waals surface area contributed by atoms with Crippen molar-refractivity contribution in [3.63, 3.8) is 0 Å². The van der Waals surface area contributed by atoms with E-state index in [1.807, 2.05) is 48.9 Å². The lowest BCUT2D eigenvalue weighted by molar-refractivity contribution is -0.116. The fourth-order valence-corrected chi connectivity index (χ4v) is 4.28. The number of halogens is 1. The predicted molar refractivity (Wildman–Crippen MR) is 130 cm³/mol. The highest BCUT2D eigenvalue weighted by Crippen LogP contribution is 2.23. The van der Waals surface area contributed by atoms with Gasteiger partial charge in [0.1, 0.15) is 5.82 Å². The molecule has 2 aromatic carbocycles. The summed E-state index contributed by atoms with van der Waals surface area (Å²) in [6, 6.07) is 15.5. The van der Waals surface area contributed by atoms with Crippen LogP contribution < -0.4 is 10.6 Å². The average molecular weight is 464 g/mol. The van der Waals surface area contributed by atoms with E-state index in [0.29, 0.717) is 18.5 Å². The highest BCUT2D eigenvalue weighted by Gasteiger charge is 2.22. The average Bonchev–Trinajstić information content (AvgIpc) is 3.13. The molecule has 1 aromatic heterocycles. The van der Waals surface area contributed by atoms with Crippen molar-refractivity contribution in [2.75, 3.05) is 25.0 Å². The third-order valence-corrected chi connectivity index (χ3v) is 6.24. The molecule has 4 rings (SSSR count). The van der Waals surface area contributed by atoms with Gasteiger partial charge in [0.05, 0.1) is 22.8 Å². The summed E-state index contributed by atoms with van der Waals surface area (Å²) in [5.41, 5.74) is 3.86. The highest BCUT2D eigenvalue weighted by atomic mass is 19.1. The summed E-state index contributed by atoms with van der Waals surface area (Å²) in [5.74, 6) is -0.575. The van der Waals surface area contributed by atoms with Crippen LogP contribution in [0.1, 0.15) is 41.0 Å². The molecule has 0 saturated carbocycles. The summed E-state index contributed by atoms with van der Waals surface area (Å²) in [7, 11) is 0. The zero-order valence-corrected chi connectivity index (χ0v) is 19.6. The van der Waals surface area contributed by atoms with E-state index < -0.39 is 0 Å². The first-order valence-corrected chi connectivity index (χ1v) is 11.6. The molecule has 2 amide bonds. The van der Waals surface area contributed by atoms with Gasteiger partial charge in [0.25, 0.3) is 5.91 Å². The molecule has 3 aromatic rings. The Morgan fingerprint density at radius 3 is 2.38 bits per heavy atom. The van der Waals surface area contributed by atoms with Gasteiger partial charge in [0.15, 0.2) is 0 Å². The Morgan fingerprint density at radius 2 is 1.71 bits per heavy atom. The van der Waals surface area contributed by atoms with E-state index in [4.69, 9.17) is 0 Å². The Bertz CT molecular complexity index is 1140. The maximum Gasteiger partial charge on any atom is 0.251 e. The van der Waals surface area contributed by atoms with Crippen molar-refractivity contribution in [2.24, 2.45) is 0 Å². The van der Waals surface area contributed by atoms with Crippen LogP contribution in [0.2, 0.25) is 0 Å². The van der Waals surface area contributed by atoms with E-state index in [-0.39, 0.29) is 23.7 Å². The minimum atomic E-state index is -0.357. The minimum Gasteiger partial charge on any atom is -0.349 e. The van der Waals surface area contributed by atoms with Crippen LogP contribution in [0.3, 0.4) is 0 Å². The normalized spacial score (nSPS) is 14.7. The van der Waals surface area contributed by atoms with Crippen LogP contribution in [0.25, 0.3) is 5.69 Å². The zero-order chi connectivity index (χ0) is 24.1. The molecular formula is C26H30FN5O2. The van der Waals surface area contributed by atoms with Gasteiger partial charge in [0, 0.05) is 37.7 Å². The number of amides is 2. The van der Waals surface area contributed by atoms with E-state index in [2.05, 4.69) is 20.6 Å². The van der Waals surface area contributed by atoms with Crippen LogP contribution in [-0.2, 0) is 4.79 Å². The summed E-state index contributed by atoms with van der Waals surface area (Å²) in [4.78, 5) is 27.2. The third-order valence-electron chi connectivity index (χ3n) is 6.24. The predicted octanol–water partition coefficient (Wildman–Crippen LogP) is 3.85. The molecule has 2 N–H and O–H groups in total. The Kier molecular flexibility index (Phi) is 7.37. The largest absolute Gasteiger partial charge is 0.349 e. The fourth-order valence-electron chi connectivity index (χ4n) is 4.28. The second-order valence-corrected chi connectivity index (χ2v) is 8.69. The topological polar surface area (TPSA) is 79.3 Å². The number of hydrogen-bond donors (Lipinski definition) is 2. The van der Waals surface area contributed by atoms with Crippen LogP contribution in [-0.4, -0.2) is 52.2 Å². The number of likely N-dealkylation sites (tertiary alicyclic amines) is 1. The van der Waals surface area contributed by atoms with Crippen LogP contribution in [0.4, 0.5) is 10.1 Å². The van der Waals surface area contributed by atoms with Crippen LogP contribution in [0.5, 0.6) is 0 Å². The van der Waals surface area contributed by atoms with Gasteiger partial charge < -0.3 is 15.5 Å². The number of para-hydroxylation sites is 1. The van der Waals surface area contributed by atoms with Crippen molar-refractivity contribution in [1.29, 1.82) is 0 Å². The van der Waals surface area contributed by atoms with E-state index in [0.717, 1.165) is 48.7 Å². The number of anilines is 1. The Hall–Kier alpha value is -3.52. The number of carbonyl (C=O) groups excluding carboxylic acids is 2. The number of nitrogens with one attached hydrogen (secondary N) is 2. The summed E-state index contributed by atoms with van der Waals surface area (Å²) in [6.45, 7) is 6.13. The first-order valence-electron chi connectivity index (χ1n) is 11.6. The second kappa shape index (κ2) is 10.6. The van der Waals surface area contributed by atoms with Crippen molar-refractivity contribution in [1.82, 2.24) is 20.0 Å². The summed E-state index contributed by atoms with van der Waals surface area (Å²) < 4.78 is 14.9. The summed E-state index contributed by atoms with van der Waals surface area (Å²) >= 11 is 0. The first kappa shape index (κ1) is 23.6. The molecule has 0 atom stereocenters. The number of nitrogens with zero attached hydrogens (tertiary/aromatic N) is 3. The van der Waals surface area contributed by atoms with Gasteiger partial charge in [-0.15, -0.1) is 0 Å². The lowest BCUT2D eigenvalue weighted by atomic mass is 10.0. The lowest BCUT2D eigenvalue weighted by Gasteiger charge is -2.32. The molecular weight excluding hydrogens is 433 g/mol. The number of aromatic nitrogens is 2. The second-order valence-electron chi connectivity index (χ2n) is 8.69. The van der Waals surface area contributed by atoms with Crippen LogP contribution in [0.15, 0.2) is 54.6 Å². The molecule has 178 valence electrons. The van der Waals surface area contributed by atoms with Gasteiger partial charge in [-0.2, -0.15) is 5.10 Å². The standard InChI is InChI=1S/C26H30FN5O2/c1-18-25(19(2)32(30-18)23-6-4-3-5-7-23)29-24(33)14-17-31-15-12-22(13-16-31)28-26(34)20-8-10-21(27)11-9-20/h3-11,22H,12-17H2,1-2H3,(H,28,34)(H,29,33). The molecule has 1 aliphatic heterocycles. The minimum absolute atomic E-state index is 0.0365. The Labute approximate surface area is 199 Å². The molecule has 0 spiro atoms. The van der Waals surface area contributed by atoms with Crippen LogP contribution >= 0.6 is 0 Å². The fraction of sp³-hybridized carbons (Fsp3) is 0.346. The van der Waals surface area contributed by atoms with E-state index >= 15 is 0 Å². The van der Waals surface area contributed by atoms with Gasteiger partial charge in [-0.1, -0.05) is 18.2 Å². The molecule has 1 fully saturated rings. The smallest absolute Gasteiger partial charge is 0.251 e. The number of rotatable bonds is 7. The zero-order valence-electron chi connectivity index (χ0n) is 19.6. The maximum atomic E-state index is 13.0. The monoisotopic (exact) mass is 463 g/mol. The number of benzene rings is 2. The van der Waals surface area contributed by atoms with Crippen molar-refractivity contribution in [2.45, 2.75) is 39.2 Å². The van der Waals surface area contributed by atoms with Crippen molar-refractivity contribution >= 4 is 17.5 Å². The molecule has 0 radical (unpaired) electrons. The van der Waals surface area contributed by atoms with Crippen molar-refractivity contribution in [3.8, 4) is 5.69 Å². The van der Waals surface area contributed by atoms with Crippen molar-refractivity contribution < 1.29 is 14.0 Å². The quantitative estimate of drug-likeness (QED) is 0.558. The molecule has 1 saturated heterocycles. The van der Waals surface area contributed by atoms with Gasteiger partial charge in [-0.3, -0.25) is 9.59 Å². The molecule has 34 heavy (non-hydrogen) atoms. The Balaban J connectivity index is 1.23. The molecule has 8 heteroatoms. The number of piperidine rings is 1. The van der Waals surface area contributed by atoms with Crippen molar-refractivity contribution in [3.05, 3.63) is 77.4 Å². The molecule has 7 nitrogen and oxygen atoms in total. The summed E-state index contributed by atoms with van der Waals surface area (Å²) in [5, 5.41) is 10.6. The van der Waals surface area contributed by atoms with Gasteiger partial charge >= 0.3 is 0 Å². The van der Waals surface area contributed by atoms with E-state index in [9.17, 15) is 14.0 Å². The number of hydrogen-bond acceptors (Lipinski definition) is 4. The molecule has 0 bridgehead atoms. The number of aryl methyl sites for hydroxylation is 1. The van der Waals surface area contributed by atoms with E-state index in [1.165, 1.54) is 24.3 Å². The SMILES string of the molecule is Cc1nn(-c2ccccc2)c(C)c1NC(=O)CCN1CCC(NC(=O)c2ccc(F)cc2)CC1. The first-order chi connectivity index (χ1) is 16.4. The summed E-state index contributed by atoms with van der Waals surface area (Å²) in [6.07, 6.45) is 2.02. The van der Waals surface area contributed by atoms with Crippen LogP contribution in [0, 0.1) is 19.7 Å². The Morgan fingerprint density at radius 1 is 1.03 bits per heavy atom. The molecule has 0 aliphatic carbocycles. The third kappa shape index (κ3) is 5.69. The maximum absolute atomic E-state index is 13.0. The van der Waals surface area contributed by atoms with Gasteiger partial charge in [-0.05, 0) is 63.1 Å². The van der Waals surface area contributed by atoms with E-state index in [1.54, 1.807) is 0 Å². The lowest BCUT2D eigenvalue weighted by Crippen LogP contribution is -2.45. The highest BCUT2D eigenvalue weighted by molar-refractivity contribution is 5.94. The molecule has 1 aliphatic rings. The molecule has 2 heterocycles. The molecule has 0 unspecified atom stereocenters. The number of carbonyl (C=O) groups is 2. The van der Waals surface area contributed by atoms with Gasteiger partial charge in [-0.25, -0.2) is 9.07 Å².